The van der Waals surface area contributed by atoms with Crippen molar-refractivity contribution in [2.45, 2.75) is 19.4 Å². The third kappa shape index (κ3) is 8.53. The molecule has 5 N–H and O–H groups in total. The second kappa shape index (κ2) is 15.3. The molecule has 12 nitrogen and oxygen atoms in total. The number of aromatic nitrogens is 3. The number of amides is 1. The van der Waals surface area contributed by atoms with Crippen molar-refractivity contribution in [3.05, 3.63) is 54.6 Å². The molecule has 1 saturated heterocycles. The molecule has 3 heterocycles. The third-order valence-electron chi connectivity index (χ3n) is 5.41. The number of pyridine rings is 1. The van der Waals surface area contributed by atoms with Crippen molar-refractivity contribution in [2.75, 3.05) is 48.9 Å². The predicted molar refractivity (Wildman–Crippen MR) is 146 cm³/mol. The molecule has 38 heavy (non-hydrogen) atoms. The molecule has 0 saturated carbocycles. The van der Waals surface area contributed by atoms with Crippen LogP contribution < -0.4 is 26.4 Å². The molecule has 0 unspecified atom stereocenters. The highest BCUT2D eigenvalue weighted by Gasteiger charge is 2.19. The van der Waals surface area contributed by atoms with E-state index in [0.29, 0.717) is 31.2 Å². The number of carbonyl (C=O) groups excluding carboxylic acids is 3. The van der Waals surface area contributed by atoms with Gasteiger partial charge in [0.15, 0.2) is 11.5 Å². The Morgan fingerprint density at radius 1 is 1.18 bits per heavy atom. The summed E-state index contributed by atoms with van der Waals surface area (Å²) in [6.07, 6.45) is 5.87. The van der Waals surface area contributed by atoms with E-state index in [1.165, 1.54) is 0 Å². The Labute approximate surface area is 227 Å². The summed E-state index contributed by atoms with van der Waals surface area (Å²) in [5, 5.41) is 2.89. The first-order valence-electron chi connectivity index (χ1n) is 11.6. The summed E-state index contributed by atoms with van der Waals surface area (Å²) in [5.41, 5.74) is 14.6. The first kappa shape index (κ1) is 30.2. The summed E-state index contributed by atoms with van der Waals surface area (Å²) < 4.78 is 11.1. The monoisotopic (exact) mass is 541 g/mol. The molecule has 2 aromatic heterocycles. The highest BCUT2D eigenvalue weighted by atomic mass is 32.1. The van der Waals surface area contributed by atoms with Gasteiger partial charge in [0, 0.05) is 30.9 Å². The van der Waals surface area contributed by atoms with Gasteiger partial charge >= 0.3 is 6.15 Å². The van der Waals surface area contributed by atoms with Crippen LogP contribution in [0.1, 0.15) is 23.8 Å². The Balaban J connectivity index is 0.00000121. The second-order valence-corrected chi connectivity index (χ2v) is 8.16. The summed E-state index contributed by atoms with van der Waals surface area (Å²) in [5.74, 6) is 0.331. The Morgan fingerprint density at radius 3 is 2.53 bits per heavy atom. The lowest BCUT2D eigenvalue weighted by atomic mass is 10.1. The number of nitrogens with two attached hydrogens (primary N) is 2. The van der Waals surface area contributed by atoms with Gasteiger partial charge in [-0.2, -0.15) is 23.1 Å². The van der Waals surface area contributed by atoms with Gasteiger partial charge in [-0.25, -0.2) is 9.97 Å². The molecule has 1 aliphatic heterocycles. The van der Waals surface area contributed by atoms with Crippen molar-refractivity contribution in [1.82, 2.24) is 15.0 Å². The molecular formula is C25H31N7O5S. The fourth-order valence-corrected chi connectivity index (χ4v) is 3.53. The SMILES string of the molecule is C[C@@H](N)CCOc1ccc(-c2cnc(N)c(C(=O)Nc3cnccc3N3CCOCC3)n2)cc1.O=C=O.S. The van der Waals surface area contributed by atoms with Gasteiger partial charge in [0.05, 0.1) is 49.3 Å². The lowest BCUT2D eigenvalue weighted by molar-refractivity contribution is -0.191. The topological polar surface area (TPSA) is 176 Å². The maximum Gasteiger partial charge on any atom is 0.373 e. The van der Waals surface area contributed by atoms with E-state index in [-0.39, 0.29) is 37.2 Å². The van der Waals surface area contributed by atoms with Crippen LogP contribution in [0.15, 0.2) is 48.9 Å². The first-order chi connectivity index (χ1) is 17.9. The molecule has 4 rings (SSSR count). The molecule has 13 heteroatoms. The minimum absolute atomic E-state index is 0. The van der Waals surface area contributed by atoms with Gasteiger partial charge in [0.2, 0.25) is 0 Å². The number of hydrogen-bond acceptors (Lipinski definition) is 11. The average molecular weight is 542 g/mol. The van der Waals surface area contributed by atoms with Gasteiger partial charge in [0.1, 0.15) is 5.75 Å². The number of rotatable bonds is 8. The molecule has 202 valence electrons. The van der Waals surface area contributed by atoms with Gasteiger partial charge < -0.3 is 31.2 Å². The van der Waals surface area contributed by atoms with Crippen molar-refractivity contribution < 1.29 is 23.9 Å². The van der Waals surface area contributed by atoms with E-state index in [1.54, 1.807) is 18.6 Å². The summed E-state index contributed by atoms with van der Waals surface area (Å²) in [7, 11) is 0. The third-order valence-corrected chi connectivity index (χ3v) is 5.41. The maximum atomic E-state index is 13.1. The average Bonchev–Trinajstić information content (AvgIpc) is 2.90. The zero-order chi connectivity index (χ0) is 26.6. The molecule has 0 radical (unpaired) electrons. The van der Waals surface area contributed by atoms with Crippen molar-refractivity contribution in [1.29, 1.82) is 0 Å². The van der Waals surface area contributed by atoms with Gasteiger partial charge in [-0.1, -0.05) is 0 Å². The van der Waals surface area contributed by atoms with Gasteiger partial charge in [-0.05, 0) is 43.7 Å². The van der Waals surface area contributed by atoms with E-state index in [2.05, 4.69) is 25.2 Å². The zero-order valence-corrected chi connectivity index (χ0v) is 21.9. The van der Waals surface area contributed by atoms with Crippen LogP contribution in [0.25, 0.3) is 11.3 Å². The molecule has 0 spiro atoms. The molecule has 1 aromatic carbocycles. The quantitative estimate of drug-likeness (QED) is 0.379. The molecule has 0 bridgehead atoms. The Hall–Kier alpha value is -4.03. The normalized spacial score (nSPS) is 13.2. The van der Waals surface area contributed by atoms with E-state index in [1.807, 2.05) is 37.3 Å². The highest BCUT2D eigenvalue weighted by Crippen LogP contribution is 2.27. The number of anilines is 3. The summed E-state index contributed by atoms with van der Waals surface area (Å²) in [4.78, 5) is 44.3. The number of nitrogens with zero attached hydrogens (tertiary/aromatic N) is 4. The smallest absolute Gasteiger partial charge is 0.373 e. The van der Waals surface area contributed by atoms with Crippen molar-refractivity contribution in [3.63, 3.8) is 0 Å². The maximum absolute atomic E-state index is 13.1. The fraction of sp³-hybridized carbons (Fsp3) is 0.320. The van der Waals surface area contributed by atoms with Crippen LogP contribution in [0, 0.1) is 0 Å². The van der Waals surface area contributed by atoms with E-state index in [9.17, 15) is 4.79 Å². The number of hydrogen-bond donors (Lipinski definition) is 3. The molecule has 1 aliphatic rings. The van der Waals surface area contributed by atoms with Crippen molar-refractivity contribution in [3.8, 4) is 17.0 Å². The van der Waals surface area contributed by atoms with Crippen LogP contribution in [-0.2, 0) is 14.3 Å². The molecule has 1 atom stereocenters. The lowest BCUT2D eigenvalue weighted by Crippen LogP contribution is -2.36. The molecule has 1 fully saturated rings. The van der Waals surface area contributed by atoms with E-state index >= 15 is 0 Å². The van der Waals surface area contributed by atoms with Gasteiger partial charge in [-0.15, -0.1) is 0 Å². The van der Waals surface area contributed by atoms with E-state index in [0.717, 1.165) is 36.5 Å². The van der Waals surface area contributed by atoms with Crippen LogP contribution in [0.2, 0.25) is 0 Å². The van der Waals surface area contributed by atoms with Gasteiger partial charge in [0.25, 0.3) is 5.91 Å². The minimum atomic E-state index is -0.454. The van der Waals surface area contributed by atoms with Crippen LogP contribution in [0.5, 0.6) is 5.75 Å². The van der Waals surface area contributed by atoms with E-state index < -0.39 is 5.91 Å². The Kier molecular flexibility index (Phi) is 12.1. The number of ether oxygens (including phenoxy) is 2. The number of morpholine rings is 1. The summed E-state index contributed by atoms with van der Waals surface area (Å²) >= 11 is 0. The number of carbonyl (C=O) groups is 1. The molecule has 0 aliphatic carbocycles. The Bertz CT molecular complexity index is 1210. The Morgan fingerprint density at radius 2 is 1.87 bits per heavy atom. The number of benzene rings is 1. The molecular weight excluding hydrogens is 510 g/mol. The van der Waals surface area contributed by atoms with Crippen molar-refractivity contribution >= 4 is 42.7 Å². The standard InChI is InChI=1S/C24H29N7O3.CO2.H2S/c1-16(25)7-11-34-18-4-2-17(3-5-18)19-15-28-23(26)22(29-19)24(32)30-20-14-27-8-6-21(20)31-9-12-33-13-10-31;2-1-3;/h2-6,8,14-16H,7,9-13,25H2,1H3,(H2,26,28)(H,30,32);;1H2/t16-;;/m1../s1. The van der Waals surface area contributed by atoms with Crippen molar-refractivity contribution in [2.24, 2.45) is 5.73 Å². The zero-order valence-electron chi connectivity index (χ0n) is 20.9. The van der Waals surface area contributed by atoms with E-state index in [4.69, 9.17) is 30.5 Å². The lowest BCUT2D eigenvalue weighted by Gasteiger charge is -2.30. The van der Waals surface area contributed by atoms with Crippen LogP contribution in [-0.4, -0.2) is 66.0 Å². The molecule has 3 aromatic rings. The summed E-state index contributed by atoms with van der Waals surface area (Å²) in [6.45, 7) is 5.21. The second-order valence-electron chi connectivity index (χ2n) is 8.16. The van der Waals surface area contributed by atoms with Crippen LogP contribution in [0.4, 0.5) is 17.2 Å². The molecule has 1 amide bonds. The first-order valence-corrected chi connectivity index (χ1v) is 11.6. The highest BCUT2D eigenvalue weighted by molar-refractivity contribution is 7.59. The van der Waals surface area contributed by atoms with Crippen LogP contribution in [0.3, 0.4) is 0 Å². The summed E-state index contributed by atoms with van der Waals surface area (Å²) in [6, 6.07) is 9.37. The number of nitrogens with one attached hydrogen (secondary N) is 1. The largest absolute Gasteiger partial charge is 0.494 e. The predicted octanol–water partition coefficient (Wildman–Crippen LogP) is 1.86. The fourth-order valence-electron chi connectivity index (χ4n) is 3.53. The minimum Gasteiger partial charge on any atom is -0.494 e. The van der Waals surface area contributed by atoms with Crippen LogP contribution >= 0.6 is 13.5 Å². The van der Waals surface area contributed by atoms with Gasteiger partial charge in [-0.3, -0.25) is 9.78 Å². The number of nitrogen functional groups attached to an aromatic ring is 1.